The first-order valence-corrected chi connectivity index (χ1v) is 6.99. The first-order chi connectivity index (χ1) is 7.74. The minimum Gasteiger partial charge on any atom is -0.363 e. The molecule has 1 heterocycles. The van der Waals surface area contributed by atoms with Gasteiger partial charge in [0.05, 0.1) is 0 Å². The zero-order chi connectivity index (χ0) is 13.1. The molecule has 0 atom stereocenters. The van der Waals surface area contributed by atoms with Crippen LogP contribution < -0.4 is 16.0 Å². The molecule has 17 heavy (non-hydrogen) atoms. The van der Waals surface area contributed by atoms with Crippen LogP contribution in [-0.2, 0) is 0 Å². The predicted molar refractivity (Wildman–Crippen MR) is 78.3 cm³/mol. The van der Waals surface area contributed by atoms with Crippen LogP contribution in [0, 0.1) is 0 Å². The van der Waals surface area contributed by atoms with Crippen molar-refractivity contribution in [3.8, 4) is 0 Å². The van der Waals surface area contributed by atoms with Gasteiger partial charge in [-0.05, 0) is 59.2 Å². The van der Waals surface area contributed by atoms with E-state index in [4.69, 9.17) is 12.2 Å². The fourth-order valence-electron chi connectivity index (χ4n) is 2.90. The van der Waals surface area contributed by atoms with Crippen molar-refractivity contribution in [3.05, 3.63) is 0 Å². The van der Waals surface area contributed by atoms with Gasteiger partial charge in [-0.15, -0.1) is 0 Å². The van der Waals surface area contributed by atoms with Crippen LogP contribution in [0.25, 0.3) is 0 Å². The molecule has 0 aliphatic carbocycles. The average Bonchev–Trinajstić information content (AvgIpc) is 2.09. The van der Waals surface area contributed by atoms with E-state index < -0.39 is 0 Å². The molecule has 4 heteroatoms. The molecule has 3 nitrogen and oxygen atoms in total. The molecule has 0 unspecified atom stereocenters. The summed E-state index contributed by atoms with van der Waals surface area (Å²) in [6.07, 6.45) is 3.31. The van der Waals surface area contributed by atoms with E-state index in [1.807, 2.05) is 0 Å². The molecule has 3 N–H and O–H groups in total. The highest BCUT2D eigenvalue weighted by atomic mass is 32.1. The molecule has 1 aliphatic rings. The first kappa shape index (κ1) is 14.7. The Morgan fingerprint density at radius 1 is 1.24 bits per heavy atom. The Morgan fingerprint density at radius 2 is 1.76 bits per heavy atom. The van der Waals surface area contributed by atoms with E-state index in [0.717, 1.165) is 30.9 Å². The second kappa shape index (κ2) is 5.53. The van der Waals surface area contributed by atoms with Gasteiger partial charge >= 0.3 is 0 Å². The number of hydrogen-bond acceptors (Lipinski definition) is 2. The van der Waals surface area contributed by atoms with E-state index >= 15 is 0 Å². The zero-order valence-corrected chi connectivity index (χ0v) is 12.6. The quantitative estimate of drug-likeness (QED) is 0.677. The van der Waals surface area contributed by atoms with Gasteiger partial charge in [-0.25, -0.2) is 0 Å². The second-order valence-electron chi connectivity index (χ2n) is 6.40. The van der Waals surface area contributed by atoms with Gasteiger partial charge in [0, 0.05) is 23.7 Å². The standard InChI is InChI=1S/C13H27N3S/c1-6-7-14-11(17)15-10-8-12(2,3)16-13(4,5)9-10/h10,16H,6-9H2,1-5H3,(H2,14,15,17). The maximum absolute atomic E-state index is 5.31. The molecule has 0 aromatic heterocycles. The molecule has 0 spiro atoms. The summed E-state index contributed by atoms with van der Waals surface area (Å²) in [5, 5.41) is 11.2. The van der Waals surface area contributed by atoms with Crippen LogP contribution in [0.1, 0.15) is 53.9 Å². The van der Waals surface area contributed by atoms with Crippen molar-refractivity contribution in [1.82, 2.24) is 16.0 Å². The van der Waals surface area contributed by atoms with Crippen molar-refractivity contribution >= 4 is 17.3 Å². The summed E-state index contributed by atoms with van der Waals surface area (Å²) in [7, 11) is 0. The lowest BCUT2D eigenvalue weighted by Crippen LogP contribution is -2.62. The van der Waals surface area contributed by atoms with Crippen LogP contribution in [0.15, 0.2) is 0 Å². The van der Waals surface area contributed by atoms with Crippen molar-refractivity contribution in [3.63, 3.8) is 0 Å². The van der Waals surface area contributed by atoms with Crippen LogP contribution in [0.3, 0.4) is 0 Å². The Kier molecular flexibility index (Phi) is 4.78. The van der Waals surface area contributed by atoms with Crippen molar-refractivity contribution < 1.29 is 0 Å². The number of piperidine rings is 1. The average molecular weight is 257 g/mol. The Bertz CT molecular complexity index is 258. The van der Waals surface area contributed by atoms with Gasteiger partial charge in [0.2, 0.25) is 0 Å². The van der Waals surface area contributed by atoms with Gasteiger partial charge in [-0.2, -0.15) is 0 Å². The highest BCUT2D eigenvalue weighted by Crippen LogP contribution is 2.28. The van der Waals surface area contributed by atoms with E-state index in [-0.39, 0.29) is 11.1 Å². The molecule has 0 aromatic rings. The highest BCUT2D eigenvalue weighted by molar-refractivity contribution is 7.80. The molecular formula is C13H27N3S. The number of thiocarbonyl (C=S) groups is 1. The molecule has 1 rings (SSSR count). The fourth-order valence-corrected chi connectivity index (χ4v) is 3.17. The summed E-state index contributed by atoms with van der Waals surface area (Å²) < 4.78 is 0. The van der Waals surface area contributed by atoms with E-state index in [1.165, 1.54) is 0 Å². The van der Waals surface area contributed by atoms with E-state index in [1.54, 1.807) is 0 Å². The van der Waals surface area contributed by atoms with Gasteiger partial charge < -0.3 is 16.0 Å². The van der Waals surface area contributed by atoms with Crippen molar-refractivity contribution in [2.24, 2.45) is 0 Å². The maximum atomic E-state index is 5.31. The monoisotopic (exact) mass is 257 g/mol. The van der Waals surface area contributed by atoms with Crippen LogP contribution >= 0.6 is 12.2 Å². The molecule has 100 valence electrons. The Balaban J connectivity index is 2.51. The minimum atomic E-state index is 0.166. The molecular weight excluding hydrogens is 230 g/mol. The fraction of sp³-hybridized carbons (Fsp3) is 0.923. The normalized spacial score (nSPS) is 23.1. The summed E-state index contributed by atoms with van der Waals surface area (Å²) in [6.45, 7) is 12.1. The maximum Gasteiger partial charge on any atom is 0.166 e. The van der Waals surface area contributed by atoms with Gasteiger partial charge in [0.15, 0.2) is 5.11 Å². The lowest BCUT2D eigenvalue weighted by molar-refractivity contribution is 0.155. The largest absolute Gasteiger partial charge is 0.363 e. The number of rotatable bonds is 3. The van der Waals surface area contributed by atoms with Crippen LogP contribution in [0.2, 0.25) is 0 Å². The third-order valence-electron chi connectivity index (χ3n) is 3.06. The molecule has 1 aliphatic heterocycles. The van der Waals surface area contributed by atoms with Gasteiger partial charge in [-0.1, -0.05) is 6.92 Å². The predicted octanol–water partition coefficient (Wildman–Crippen LogP) is 2.17. The summed E-state index contributed by atoms with van der Waals surface area (Å²) in [6, 6.07) is 0.457. The SMILES string of the molecule is CCCNC(=S)NC1CC(C)(C)NC(C)(C)C1. The van der Waals surface area contributed by atoms with Gasteiger partial charge in [-0.3, -0.25) is 0 Å². The lowest BCUT2D eigenvalue weighted by Gasteiger charge is -2.46. The summed E-state index contributed by atoms with van der Waals surface area (Å²) in [5.41, 5.74) is 0.333. The van der Waals surface area contributed by atoms with Gasteiger partial charge in [0.25, 0.3) is 0 Å². The molecule has 0 aromatic carbocycles. The highest BCUT2D eigenvalue weighted by Gasteiger charge is 2.37. The zero-order valence-electron chi connectivity index (χ0n) is 11.8. The third kappa shape index (κ3) is 5.21. The molecule has 1 fully saturated rings. The minimum absolute atomic E-state index is 0.166. The Hall–Kier alpha value is -0.350. The number of nitrogens with one attached hydrogen (secondary N) is 3. The van der Waals surface area contributed by atoms with E-state index in [9.17, 15) is 0 Å². The van der Waals surface area contributed by atoms with E-state index in [2.05, 4.69) is 50.6 Å². The third-order valence-corrected chi connectivity index (χ3v) is 3.32. The van der Waals surface area contributed by atoms with E-state index in [0.29, 0.717) is 6.04 Å². The van der Waals surface area contributed by atoms with Crippen molar-refractivity contribution in [2.75, 3.05) is 6.54 Å². The van der Waals surface area contributed by atoms with Gasteiger partial charge in [0.1, 0.15) is 0 Å². The molecule has 1 saturated heterocycles. The van der Waals surface area contributed by atoms with Crippen LogP contribution in [0.5, 0.6) is 0 Å². The van der Waals surface area contributed by atoms with Crippen LogP contribution in [0.4, 0.5) is 0 Å². The summed E-state index contributed by atoms with van der Waals surface area (Å²) in [5.74, 6) is 0. The Labute approximate surface area is 111 Å². The topological polar surface area (TPSA) is 36.1 Å². The van der Waals surface area contributed by atoms with Crippen LogP contribution in [-0.4, -0.2) is 28.8 Å². The summed E-state index contributed by atoms with van der Waals surface area (Å²) >= 11 is 5.31. The lowest BCUT2D eigenvalue weighted by atomic mass is 9.80. The molecule has 0 radical (unpaired) electrons. The molecule has 0 saturated carbocycles. The van der Waals surface area contributed by atoms with Crippen molar-refractivity contribution in [2.45, 2.75) is 71.0 Å². The molecule has 0 bridgehead atoms. The summed E-state index contributed by atoms with van der Waals surface area (Å²) in [4.78, 5) is 0. The smallest absolute Gasteiger partial charge is 0.166 e. The molecule has 0 amide bonds. The Morgan fingerprint density at radius 3 is 2.24 bits per heavy atom. The first-order valence-electron chi connectivity index (χ1n) is 6.58. The number of hydrogen-bond donors (Lipinski definition) is 3. The second-order valence-corrected chi connectivity index (χ2v) is 6.81. The van der Waals surface area contributed by atoms with Crippen molar-refractivity contribution in [1.29, 1.82) is 0 Å².